The quantitative estimate of drug-likeness (QED) is 0.447. The molecule has 0 aromatic heterocycles. The highest BCUT2D eigenvalue weighted by molar-refractivity contribution is 6.26. The van der Waals surface area contributed by atoms with Crippen LogP contribution in [0.1, 0.15) is 18.1 Å². The highest BCUT2D eigenvalue weighted by Crippen LogP contribution is 2.30. The first-order valence-electron chi connectivity index (χ1n) is 8.29. The predicted molar refractivity (Wildman–Crippen MR) is 99.0 cm³/mol. The summed E-state index contributed by atoms with van der Waals surface area (Å²) in [6, 6.07) is 13.8. The molecule has 1 atom stereocenters. The lowest BCUT2D eigenvalue weighted by molar-refractivity contribution is -0.150. The highest BCUT2D eigenvalue weighted by atomic mass is 16.5. The zero-order valence-corrected chi connectivity index (χ0v) is 14.9. The minimum absolute atomic E-state index is 0.0391. The molecule has 5 heteroatoms. The van der Waals surface area contributed by atoms with Gasteiger partial charge in [-0.3, -0.25) is 9.59 Å². The molecule has 0 aliphatic rings. The lowest BCUT2D eigenvalue weighted by atomic mass is 9.89. The molecule has 136 valence electrons. The number of phenolic OH excluding ortho intramolecular Hbond substituents is 1. The summed E-state index contributed by atoms with van der Waals surface area (Å²) in [6.07, 6.45) is 0.229. The molecule has 0 bridgehead atoms. The lowest BCUT2D eigenvalue weighted by Gasteiger charge is -2.17. The Morgan fingerprint density at radius 3 is 2.46 bits per heavy atom. The van der Waals surface area contributed by atoms with Crippen molar-refractivity contribution < 1.29 is 24.2 Å². The highest BCUT2D eigenvalue weighted by Gasteiger charge is 2.30. The molecule has 0 saturated heterocycles. The number of phenols is 1. The second-order valence-corrected chi connectivity index (χ2v) is 5.72. The van der Waals surface area contributed by atoms with Gasteiger partial charge in [0.25, 0.3) is 0 Å². The molecule has 2 rings (SSSR count). The van der Waals surface area contributed by atoms with Crippen LogP contribution in [0.15, 0.2) is 55.1 Å². The van der Waals surface area contributed by atoms with E-state index in [-0.39, 0.29) is 30.1 Å². The largest absolute Gasteiger partial charge is 0.504 e. The maximum Gasteiger partial charge on any atom is 0.317 e. The number of methoxy groups -OCH3 is 1. The van der Waals surface area contributed by atoms with Crippen molar-refractivity contribution in [2.45, 2.75) is 13.3 Å². The van der Waals surface area contributed by atoms with Gasteiger partial charge in [0.05, 0.1) is 13.7 Å². The Bertz CT molecular complexity index is 795. The molecular formula is C21H22O5. The summed E-state index contributed by atoms with van der Waals surface area (Å²) in [5.41, 5.74) is 1.50. The number of ketones is 1. The Labute approximate surface area is 152 Å². The number of aromatic hydroxyl groups is 1. The van der Waals surface area contributed by atoms with Crippen LogP contribution in [-0.2, 0) is 20.7 Å². The van der Waals surface area contributed by atoms with E-state index in [0.717, 1.165) is 5.56 Å². The third-order valence-corrected chi connectivity index (χ3v) is 4.00. The number of carbonyl (C=O) groups is 2. The van der Waals surface area contributed by atoms with Crippen molar-refractivity contribution in [2.24, 2.45) is 5.92 Å². The van der Waals surface area contributed by atoms with Crippen molar-refractivity contribution in [1.82, 2.24) is 0 Å². The topological polar surface area (TPSA) is 72.8 Å². The van der Waals surface area contributed by atoms with Gasteiger partial charge < -0.3 is 14.6 Å². The molecule has 0 saturated carbocycles. The van der Waals surface area contributed by atoms with Gasteiger partial charge in [0, 0.05) is 5.57 Å². The van der Waals surface area contributed by atoms with E-state index in [2.05, 4.69) is 6.58 Å². The van der Waals surface area contributed by atoms with Gasteiger partial charge in [-0.05, 0) is 36.6 Å². The average Bonchev–Trinajstić information content (AvgIpc) is 2.66. The number of allylic oxidation sites excluding steroid dienone is 1. The average molecular weight is 354 g/mol. The first kappa shape index (κ1) is 19.2. The summed E-state index contributed by atoms with van der Waals surface area (Å²) in [7, 11) is 1.42. The summed E-state index contributed by atoms with van der Waals surface area (Å²) in [5.74, 6) is -1.78. The summed E-state index contributed by atoms with van der Waals surface area (Å²) >= 11 is 0. The van der Waals surface area contributed by atoms with E-state index in [1.807, 2.05) is 30.3 Å². The van der Waals surface area contributed by atoms with Gasteiger partial charge >= 0.3 is 5.97 Å². The second-order valence-electron chi connectivity index (χ2n) is 5.72. The van der Waals surface area contributed by atoms with Crippen molar-refractivity contribution >= 4 is 17.3 Å². The molecule has 0 aliphatic carbocycles. The van der Waals surface area contributed by atoms with Gasteiger partial charge in [0.2, 0.25) is 0 Å². The van der Waals surface area contributed by atoms with Gasteiger partial charge in [-0.2, -0.15) is 0 Å². The molecular weight excluding hydrogens is 332 g/mol. The molecule has 2 aromatic rings. The van der Waals surface area contributed by atoms with Crippen molar-refractivity contribution in [2.75, 3.05) is 13.7 Å². The van der Waals surface area contributed by atoms with Gasteiger partial charge in [0.15, 0.2) is 17.3 Å². The van der Waals surface area contributed by atoms with Crippen LogP contribution in [0.3, 0.4) is 0 Å². The number of benzene rings is 2. The maximum absolute atomic E-state index is 12.9. The van der Waals surface area contributed by atoms with Crippen LogP contribution in [0.4, 0.5) is 0 Å². The van der Waals surface area contributed by atoms with E-state index in [4.69, 9.17) is 9.47 Å². The minimum atomic E-state index is -0.982. The number of esters is 1. The Morgan fingerprint density at radius 2 is 1.85 bits per heavy atom. The summed E-state index contributed by atoms with van der Waals surface area (Å²) in [5, 5.41) is 9.70. The van der Waals surface area contributed by atoms with Gasteiger partial charge in [-0.15, -0.1) is 0 Å². The van der Waals surface area contributed by atoms with Crippen molar-refractivity contribution in [3.63, 3.8) is 0 Å². The van der Waals surface area contributed by atoms with Crippen LogP contribution in [0, 0.1) is 5.92 Å². The second kappa shape index (κ2) is 8.85. The van der Waals surface area contributed by atoms with Crippen LogP contribution in [-0.4, -0.2) is 30.6 Å². The minimum Gasteiger partial charge on any atom is -0.504 e. The molecule has 5 nitrogen and oxygen atoms in total. The van der Waals surface area contributed by atoms with E-state index in [1.54, 1.807) is 13.0 Å². The fourth-order valence-electron chi connectivity index (χ4n) is 2.59. The molecule has 0 heterocycles. The number of hydrogen-bond donors (Lipinski definition) is 1. The van der Waals surface area contributed by atoms with Crippen molar-refractivity contribution in [3.05, 3.63) is 66.2 Å². The number of ether oxygens (including phenoxy) is 2. The fourth-order valence-corrected chi connectivity index (χ4v) is 2.59. The van der Waals surface area contributed by atoms with Gasteiger partial charge in [-0.25, -0.2) is 0 Å². The number of hydrogen-bond acceptors (Lipinski definition) is 5. The van der Waals surface area contributed by atoms with E-state index >= 15 is 0 Å². The smallest absolute Gasteiger partial charge is 0.317 e. The molecule has 0 aliphatic heterocycles. The van der Waals surface area contributed by atoms with E-state index in [0.29, 0.717) is 5.56 Å². The van der Waals surface area contributed by atoms with Crippen LogP contribution in [0.2, 0.25) is 0 Å². The monoisotopic (exact) mass is 354 g/mol. The van der Waals surface area contributed by atoms with Crippen LogP contribution in [0.25, 0.3) is 5.57 Å². The third kappa shape index (κ3) is 4.51. The zero-order chi connectivity index (χ0) is 19.1. The summed E-state index contributed by atoms with van der Waals surface area (Å²) < 4.78 is 10.1. The third-order valence-electron chi connectivity index (χ3n) is 4.00. The Kier molecular flexibility index (Phi) is 6.55. The molecule has 2 aromatic carbocycles. The molecule has 26 heavy (non-hydrogen) atoms. The van der Waals surface area contributed by atoms with Crippen LogP contribution < -0.4 is 4.74 Å². The van der Waals surface area contributed by atoms with Gasteiger partial charge in [-0.1, -0.05) is 43.0 Å². The Balaban J connectivity index is 2.30. The fraction of sp³-hybridized carbons (Fsp3) is 0.238. The molecule has 0 amide bonds. The SMILES string of the molecule is C=C(C(=O)C(Cc1ccccc1)C(=O)OCC)c1ccc(O)c(OC)c1. The molecule has 0 fully saturated rings. The number of carbonyl (C=O) groups excluding carboxylic acids is 2. The Hall–Kier alpha value is -3.08. The van der Waals surface area contributed by atoms with Gasteiger partial charge in [0.1, 0.15) is 5.92 Å². The molecule has 0 spiro atoms. The van der Waals surface area contributed by atoms with Crippen molar-refractivity contribution in [3.8, 4) is 11.5 Å². The number of rotatable bonds is 8. The molecule has 1 unspecified atom stereocenters. The van der Waals surface area contributed by atoms with E-state index < -0.39 is 17.7 Å². The van der Waals surface area contributed by atoms with E-state index in [9.17, 15) is 14.7 Å². The van der Waals surface area contributed by atoms with Crippen LogP contribution in [0.5, 0.6) is 11.5 Å². The first-order chi connectivity index (χ1) is 12.5. The summed E-state index contributed by atoms with van der Waals surface area (Å²) in [6.45, 7) is 5.73. The van der Waals surface area contributed by atoms with E-state index in [1.165, 1.54) is 19.2 Å². The number of Topliss-reactive ketones (excluding diaryl/α,β-unsaturated/α-hetero) is 1. The normalized spacial score (nSPS) is 11.5. The zero-order valence-electron chi connectivity index (χ0n) is 14.9. The van der Waals surface area contributed by atoms with Crippen molar-refractivity contribution in [1.29, 1.82) is 0 Å². The lowest BCUT2D eigenvalue weighted by Crippen LogP contribution is -2.29. The standard InChI is InChI=1S/C21H22O5/c1-4-26-21(24)17(12-15-8-6-5-7-9-15)20(23)14(2)16-10-11-18(22)19(13-16)25-3/h5-11,13,17,22H,2,4,12H2,1,3H3. The summed E-state index contributed by atoms with van der Waals surface area (Å²) in [4.78, 5) is 25.3. The van der Waals surface area contributed by atoms with Crippen LogP contribution >= 0.6 is 0 Å². The maximum atomic E-state index is 12.9. The Morgan fingerprint density at radius 1 is 1.15 bits per heavy atom. The molecule has 1 N–H and O–H groups in total. The first-order valence-corrected chi connectivity index (χ1v) is 8.29. The predicted octanol–water partition coefficient (Wildman–Crippen LogP) is 3.41. The molecule has 0 radical (unpaired) electrons.